The standard InChI is InChI=1S/C20H32N4O/c1-18(20(25)21-9-12-22-10-5-6-11-22)24-15-13-23(14-16-24)17-19-7-3-2-4-8-19/h2-4,7-8,18H,5-6,9-17H2,1H3,(H,21,25). The fourth-order valence-electron chi connectivity index (χ4n) is 3.81. The first-order valence-corrected chi connectivity index (χ1v) is 9.73. The van der Waals surface area contributed by atoms with E-state index >= 15 is 0 Å². The Labute approximate surface area is 152 Å². The highest BCUT2D eigenvalue weighted by molar-refractivity contribution is 5.81. The molecule has 0 aromatic heterocycles. The van der Waals surface area contributed by atoms with Gasteiger partial charge in [-0.05, 0) is 38.4 Å². The zero-order valence-electron chi connectivity index (χ0n) is 15.5. The van der Waals surface area contributed by atoms with Crippen LogP contribution in [0.1, 0.15) is 25.3 Å². The van der Waals surface area contributed by atoms with E-state index in [4.69, 9.17) is 0 Å². The first kappa shape index (κ1) is 18.4. The van der Waals surface area contributed by atoms with Crippen molar-refractivity contribution in [2.75, 3.05) is 52.4 Å². The molecule has 1 N–H and O–H groups in total. The molecule has 2 aliphatic heterocycles. The lowest BCUT2D eigenvalue weighted by Crippen LogP contribution is -2.54. The summed E-state index contributed by atoms with van der Waals surface area (Å²) in [5, 5.41) is 3.12. The second-order valence-corrected chi connectivity index (χ2v) is 7.31. The molecule has 1 amide bonds. The minimum absolute atomic E-state index is 0.0301. The summed E-state index contributed by atoms with van der Waals surface area (Å²) in [4.78, 5) is 19.6. The van der Waals surface area contributed by atoms with Gasteiger partial charge in [0, 0.05) is 45.8 Å². The Hall–Kier alpha value is -1.43. The lowest BCUT2D eigenvalue weighted by atomic mass is 10.1. The van der Waals surface area contributed by atoms with Crippen molar-refractivity contribution in [3.8, 4) is 0 Å². The van der Waals surface area contributed by atoms with E-state index in [1.54, 1.807) is 0 Å². The first-order chi connectivity index (χ1) is 12.2. The van der Waals surface area contributed by atoms with Crippen LogP contribution in [0.25, 0.3) is 0 Å². The SMILES string of the molecule is CC(C(=O)NCCN1CCCC1)N1CCN(Cc2ccccc2)CC1. The van der Waals surface area contributed by atoms with E-state index in [0.717, 1.165) is 45.8 Å². The number of carbonyl (C=O) groups excluding carboxylic acids is 1. The van der Waals surface area contributed by atoms with Gasteiger partial charge in [-0.2, -0.15) is 0 Å². The topological polar surface area (TPSA) is 38.8 Å². The number of carbonyl (C=O) groups is 1. The van der Waals surface area contributed by atoms with Crippen LogP contribution in [-0.2, 0) is 11.3 Å². The second kappa shape index (κ2) is 9.32. The van der Waals surface area contributed by atoms with E-state index in [0.29, 0.717) is 0 Å². The van der Waals surface area contributed by atoms with Gasteiger partial charge in [0.05, 0.1) is 6.04 Å². The van der Waals surface area contributed by atoms with Crippen LogP contribution in [0.4, 0.5) is 0 Å². The van der Waals surface area contributed by atoms with Crippen LogP contribution in [0.3, 0.4) is 0 Å². The second-order valence-electron chi connectivity index (χ2n) is 7.31. The van der Waals surface area contributed by atoms with Gasteiger partial charge in [0.1, 0.15) is 0 Å². The molecular formula is C20H32N4O. The molecular weight excluding hydrogens is 312 g/mol. The van der Waals surface area contributed by atoms with E-state index in [1.165, 1.54) is 31.5 Å². The Balaban J connectivity index is 1.35. The van der Waals surface area contributed by atoms with Crippen LogP contribution in [0, 0.1) is 0 Å². The maximum absolute atomic E-state index is 12.4. The van der Waals surface area contributed by atoms with Crippen LogP contribution in [0.15, 0.2) is 30.3 Å². The summed E-state index contributed by atoms with van der Waals surface area (Å²) < 4.78 is 0. The van der Waals surface area contributed by atoms with Crippen molar-refractivity contribution in [3.63, 3.8) is 0 Å². The van der Waals surface area contributed by atoms with Gasteiger partial charge in [0.2, 0.25) is 5.91 Å². The monoisotopic (exact) mass is 344 g/mol. The van der Waals surface area contributed by atoms with Crippen molar-refractivity contribution >= 4 is 5.91 Å². The molecule has 1 aromatic carbocycles. The fraction of sp³-hybridized carbons (Fsp3) is 0.650. The molecule has 1 unspecified atom stereocenters. The molecule has 5 nitrogen and oxygen atoms in total. The van der Waals surface area contributed by atoms with Crippen LogP contribution in [0.5, 0.6) is 0 Å². The summed E-state index contributed by atoms with van der Waals surface area (Å²) in [6, 6.07) is 10.6. The Morgan fingerprint density at radius 2 is 1.68 bits per heavy atom. The van der Waals surface area contributed by atoms with E-state index < -0.39 is 0 Å². The Morgan fingerprint density at radius 3 is 2.36 bits per heavy atom. The number of hydrogen-bond donors (Lipinski definition) is 1. The van der Waals surface area contributed by atoms with Crippen LogP contribution in [0.2, 0.25) is 0 Å². The summed E-state index contributed by atoms with van der Waals surface area (Å²) in [6.45, 7) is 11.2. The molecule has 25 heavy (non-hydrogen) atoms. The zero-order valence-corrected chi connectivity index (χ0v) is 15.5. The highest BCUT2D eigenvalue weighted by Gasteiger charge is 2.25. The van der Waals surface area contributed by atoms with Gasteiger partial charge >= 0.3 is 0 Å². The Morgan fingerprint density at radius 1 is 1.00 bits per heavy atom. The van der Waals surface area contributed by atoms with Gasteiger partial charge in [-0.1, -0.05) is 30.3 Å². The molecule has 0 bridgehead atoms. The minimum atomic E-state index is -0.0301. The highest BCUT2D eigenvalue weighted by Crippen LogP contribution is 2.11. The number of rotatable bonds is 7. The number of likely N-dealkylation sites (tertiary alicyclic amines) is 1. The average molecular weight is 345 g/mol. The molecule has 2 heterocycles. The van der Waals surface area contributed by atoms with E-state index in [-0.39, 0.29) is 11.9 Å². The van der Waals surface area contributed by atoms with Crippen molar-refractivity contribution < 1.29 is 4.79 Å². The third-order valence-electron chi connectivity index (χ3n) is 5.51. The third kappa shape index (κ3) is 5.53. The average Bonchev–Trinajstić information content (AvgIpc) is 3.16. The lowest BCUT2D eigenvalue weighted by molar-refractivity contribution is -0.126. The molecule has 3 rings (SSSR count). The van der Waals surface area contributed by atoms with Crippen LogP contribution < -0.4 is 5.32 Å². The Kier molecular flexibility index (Phi) is 6.84. The van der Waals surface area contributed by atoms with Gasteiger partial charge < -0.3 is 10.2 Å². The number of benzene rings is 1. The smallest absolute Gasteiger partial charge is 0.237 e. The van der Waals surface area contributed by atoms with Crippen molar-refractivity contribution in [2.24, 2.45) is 0 Å². The molecule has 2 saturated heterocycles. The molecule has 2 fully saturated rings. The molecule has 138 valence electrons. The van der Waals surface area contributed by atoms with E-state index in [9.17, 15) is 4.79 Å². The predicted octanol–water partition coefficient (Wildman–Crippen LogP) is 1.40. The zero-order chi connectivity index (χ0) is 17.5. The quantitative estimate of drug-likeness (QED) is 0.812. The third-order valence-corrected chi connectivity index (χ3v) is 5.51. The summed E-state index contributed by atoms with van der Waals surface area (Å²) >= 11 is 0. The minimum Gasteiger partial charge on any atom is -0.353 e. The maximum Gasteiger partial charge on any atom is 0.237 e. The first-order valence-electron chi connectivity index (χ1n) is 9.73. The summed E-state index contributed by atoms with van der Waals surface area (Å²) in [5.41, 5.74) is 1.36. The largest absolute Gasteiger partial charge is 0.353 e. The predicted molar refractivity (Wildman–Crippen MR) is 101 cm³/mol. The molecule has 0 saturated carbocycles. The summed E-state index contributed by atoms with van der Waals surface area (Å²) in [6.07, 6.45) is 2.61. The molecule has 0 aliphatic carbocycles. The number of amides is 1. The van der Waals surface area contributed by atoms with Gasteiger partial charge in [-0.3, -0.25) is 14.6 Å². The summed E-state index contributed by atoms with van der Waals surface area (Å²) in [5.74, 6) is 0.177. The van der Waals surface area contributed by atoms with Gasteiger partial charge in [0.15, 0.2) is 0 Å². The molecule has 2 aliphatic rings. The number of nitrogens with zero attached hydrogens (tertiary/aromatic N) is 3. The maximum atomic E-state index is 12.4. The van der Waals surface area contributed by atoms with Gasteiger partial charge in [0.25, 0.3) is 0 Å². The normalized spacial score (nSPS) is 21.3. The van der Waals surface area contributed by atoms with Crippen molar-refractivity contribution in [3.05, 3.63) is 35.9 Å². The van der Waals surface area contributed by atoms with E-state index in [1.807, 2.05) is 6.92 Å². The molecule has 1 aromatic rings. The number of hydrogen-bond acceptors (Lipinski definition) is 4. The lowest BCUT2D eigenvalue weighted by Gasteiger charge is -2.37. The van der Waals surface area contributed by atoms with Crippen molar-refractivity contribution in [2.45, 2.75) is 32.4 Å². The van der Waals surface area contributed by atoms with Crippen LogP contribution in [-0.4, -0.2) is 79.0 Å². The molecule has 1 atom stereocenters. The van der Waals surface area contributed by atoms with Crippen LogP contribution >= 0.6 is 0 Å². The fourth-order valence-corrected chi connectivity index (χ4v) is 3.81. The molecule has 5 heteroatoms. The molecule has 0 radical (unpaired) electrons. The number of piperazine rings is 1. The van der Waals surface area contributed by atoms with Crippen molar-refractivity contribution in [1.29, 1.82) is 0 Å². The summed E-state index contributed by atoms with van der Waals surface area (Å²) in [7, 11) is 0. The van der Waals surface area contributed by atoms with E-state index in [2.05, 4.69) is 50.3 Å². The number of nitrogens with one attached hydrogen (secondary N) is 1. The van der Waals surface area contributed by atoms with Gasteiger partial charge in [-0.25, -0.2) is 0 Å². The highest BCUT2D eigenvalue weighted by atomic mass is 16.2. The Bertz CT molecular complexity index is 522. The van der Waals surface area contributed by atoms with Gasteiger partial charge in [-0.15, -0.1) is 0 Å². The van der Waals surface area contributed by atoms with Crippen molar-refractivity contribution in [1.82, 2.24) is 20.0 Å². The molecule has 0 spiro atoms.